The van der Waals surface area contributed by atoms with Crippen LogP contribution in [0.3, 0.4) is 0 Å². The molecule has 29 heavy (non-hydrogen) atoms. The molecule has 2 amide bonds. The monoisotopic (exact) mass is 399 g/mol. The number of amides is 2. The van der Waals surface area contributed by atoms with E-state index in [1.165, 1.54) is 12.1 Å². The summed E-state index contributed by atoms with van der Waals surface area (Å²) in [5.74, 6) is 0.376. The van der Waals surface area contributed by atoms with Crippen molar-refractivity contribution in [3.8, 4) is 11.5 Å². The zero-order valence-corrected chi connectivity index (χ0v) is 16.2. The van der Waals surface area contributed by atoms with Crippen LogP contribution in [0.2, 0.25) is 0 Å². The summed E-state index contributed by atoms with van der Waals surface area (Å²) in [6.07, 6.45) is 0.239. The summed E-state index contributed by atoms with van der Waals surface area (Å²) < 4.78 is 24.9. The first-order valence-electron chi connectivity index (χ1n) is 9.44. The maximum Gasteiger partial charge on any atom is 0.262 e. The number of benzene rings is 2. The Morgan fingerprint density at radius 1 is 1.28 bits per heavy atom. The average molecular weight is 399 g/mol. The van der Waals surface area contributed by atoms with E-state index >= 15 is 0 Å². The highest BCUT2D eigenvalue weighted by Gasteiger charge is 2.33. The SMILES string of the molecule is CNC(=O)C[C@H]1COc2cc(F)ccc2N1C(C)c1ccc2c(c1)NC(=O)CO2. The molecule has 0 saturated carbocycles. The van der Waals surface area contributed by atoms with Gasteiger partial charge in [-0.15, -0.1) is 0 Å². The van der Waals surface area contributed by atoms with Crippen molar-refractivity contribution in [2.75, 3.05) is 30.5 Å². The highest BCUT2D eigenvalue weighted by Crippen LogP contribution is 2.41. The van der Waals surface area contributed by atoms with Crippen molar-refractivity contribution in [1.82, 2.24) is 5.32 Å². The van der Waals surface area contributed by atoms with Crippen LogP contribution in [0.25, 0.3) is 0 Å². The van der Waals surface area contributed by atoms with E-state index in [0.29, 0.717) is 17.2 Å². The van der Waals surface area contributed by atoms with Crippen LogP contribution in [0, 0.1) is 5.82 Å². The molecule has 0 radical (unpaired) electrons. The fraction of sp³-hybridized carbons (Fsp3) is 0.333. The van der Waals surface area contributed by atoms with E-state index in [0.717, 1.165) is 11.3 Å². The van der Waals surface area contributed by atoms with Gasteiger partial charge in [-0.05, 0) is 36.8 Å². The van der Waals surface area contributed by atoms with Gasteiger partial charge in [0, 0.05) is 13.1 Å². The topological polar surface area (TPSA) is 79.9 Å². The van der Waals surface area contributed by atoms with Crippen molar-refractivity contribution in [2.24, 2.45) is 0 Å². The summed E-state index contributed by atoms with van der Waals surface area (Å²) in [4.78, 5) is 25.8. The fourth-order valence-corrected chi connectivity index (χ4v) is 3.80. The van der Waals surface area contributed by atoms with Crippen molar-refractivity contribution >= 4 is 23.2 Å². The van der Waals surface area contributed by atoms with E-state index in [-0.39, 0.29) is 49.3 Å². The third-order valence-corrected chi connectivity index (χ3v) is 5.26. The number of fused-ring (bicyclic) bond motifs is 2. The number of carbonyl (C=O) groups excluding carboxylic acids is 2. The lowest BCUT2D eigenvalue weighted by atomic mass is 9.99. The van der Waals surface area contributed by atoms with Crippen LogP contribution in [-0.2, 0) is 9.59 Å². The highest BCUT2D eigenvalue weighted by molar-refractivity contribution is 5.95. The Morgan fingerprint density at radius 3 is 2.90 bits per heavy atom. The smallest absolute Gasteiger partial charge is 0.262 e. The van der Waals surface area contributed by atoms with Crippen LogP contribution in [0.4, 0.5) is 15.8 Å². The van der Waals surface area contributed by atoms with Crippen molar-refractivity contribution < 1.29 is 23.5 Å². The van der Waals surface area contributed by atoms with E-state index in [9.17, 15) is 14.0 Å². The Labute approximate surface area is 167 Å². The highest BCUT2D eigenvalue weighted by atomic mass is 19.1. The van der Waals surface area contributed by atoms with Gasteiger partial charge in [0.05, 0.1) is 29.9 Å². The van der Waals surface area contributed by atoms with Crippen LogP contribution in [0.1, 0.15) is 24.9 Å². The molecule has 0 aliphatic carbocycles. The number of carbonyl (C=O) groups is 2. The van der Waals surface area contributed by atoms with Gasteiger partial charge in [0.25, 0.3) is 5.91 Å². The number of ether oxygens (including phenoxy) is 2. The molecule has 2 aromatic rings. The molecule has 2 atom stereocenters. The number of nitrogens with one attached hydrogen (secondary N) is 2. The summed E-state index contributed by atoms with van der Waals surface area (Å²) in [5.41, 5.74) is 2.26. The number of hydrogen-bond donors (Lipinski definition) is 2. The van der Waals surface area contributed by atoms with Crippen molar-refractivity contribution in [3.63, 3.8) is 0 Å². The molecule has 0 aromatic heterocycles. The minimum absolute atomic E-state index is 0.00148. The van der Waals surface area contributed by atoms with Gasteiger partial charge in [-0.25, -0.2) is 4.39 Å². The van der Waals surface area contributed by atoms with E-state index in [4.69, 9.17) is 9.47 Å². The number of anilines is 2. The number of halogens is 1. The molecule has 0 bridgehead atoms. The molecular weight excluding hydrogens is 377 g/mol. The normalized spacial score (nSPS) is 18.5. The lowest BCUT2D eigenvalue weighted by Gasteiger charge is -2.42. The predicted molar refractivity (Wildman–Crippen MR) is 106 cm³/mol. The Kier molecular flexibility index (Phi) is 5.00. The maximum atomic E-state index is 13.7. The number of hydrogen-bond acceptors (Lipinski definition) is 5. The molecule has 0 fully saturated rings. The molecule has 1 unspecified atom stereocenters. The van der Waals surface area contributed by atoms with Crippen LogP contribution in [0.15, 0.2) is 36.4 Å². The summed E-state index contributed by atoms with van der Waals surface area (Å²) >= 11 is 0. The van der Waals surface area contributed by atoms with E-state index < -0.39 is 0 Å². The number of rotatable bonds is 4. The summed E-state index contributed by atoms with van der Waals surface area (Å²) in [6, 6.07) is 9.62. The summed E-state index contributed by atoms with van der Waals surface area (Å²) in [6.45, 7) is 2.26. The maximum absolute atomic E-state index is 13.7. The lowest BCUT2D eigenvalue weighted by Crippen LogP contribution is -2.46. The molecule has 0 saturated heterocycles. The second kappa shape index (κ2) is 7.62. The minimum Gasteiger partial charge on any atom is -0.489 e. The number of nitrogens with zero attached hydrogens (tertiary/aromatic N) is 1. The molecule has 2 aliphatic heterocycles. The van der Waals surface area contributed by atoms with Crippen LogP contribution >= 0.6 is 0 Å². The van der Waals surface area contributed by atoms with Gasteiger partial charge < -0.3 is 25.0 Å². The van der Waals surface area contributed by atoms with Gasteiger partial charge >= 0.3 is 0 Å². The molecule has 2 aromatic carbocycles. The second-order valence-corrected chi connectivity index (χ2v) is 7.13. The standard InChI is InChI=1S/C21H22FN3O4/c1-12(13-3-6-18-16(7-13)24-21(27)11-29-18)25-15(9-20(26)23-2)10-28-19-8-14(22)4-5-17(19)25/h3-8,12,15H,9-11H2,1-2H3,(H,23,26)(H,24,27)/t12?,15-/m0/s1. The molecule has 2 aliphatic rings. The molecule has 7 nitrogen and oxygen atoms in total. The molecule has 2 N–H and O–H groups in total. The quantitative estimate of drug-likeness (QED) is 0.826. The summed E-state index contributed by atoms with van der Waals surface area (Å²) in [7, 11) is 1.59. The van der Waals surface area contributed by atoms with Gasteiger partial charge in [-0.1, -0.05) is 6.07 Å². The molecule has 0 spiro atoms. The molecule has 8 heteroatoms. The van der Waals surface area contributed by atoms with Crippen molar-refractivity contribution in [2.45, 2.75) is 25.4 Å². The minimum atomic E-state index is -0.380. The zero-order chi connectivity index (χ0) is 20.5. The van der Waals surface area contributed by atoms with Gasteiger partial charge in [0.2, 0.25) is 5.91 Å². The van der Waals surface area contributed by atoms with Gasteiger partial charge in [0.1, 0.15) is 23.9 Å². The second-order valence-electron chi connectivity index (χ2n) is 7.13. The summed E-state index contributed by atoms with van der Waals surface area (Å²) in [5, 5.41) is 5.46. The van der Waals surface area contributed by atoms with Gasteiger partial charge in [-0.2, -0.15) is 0 Å². The lowest BCUT2D eigenvalue weighted by molar-refractivity contribution is -0.121. The van der Waals surface area contributed by atoms with Crippen molar-refractivity contribution in [1.29, 1.82) is 0 Å². The Hall–Kier alpha value is -3.29. The first-order valence-corrected chi connectivity index (χ1v) is 9.44. The Balaban J connectivity index is 1.71. The third-order valence-electron chi connectivity index (χ3n) is 5.26. The molecule has 2 heterocycles. The first kappa shape index (κ1) is 19.0. The predicted octanol–water partition coefficient (Wildman–Crippen LogP) is 2.62. The molecule has 152 valence electrons. The first-order chi connectivity index (χ1) is 14.0. The van der Waals surface area contributed by atoms with Gasteiger partial charge in [-0.3, -0.25) is 9.59 Å². The van der Waals surface area contributed by atoms with E-state index in [1.807, 2.05) is 25.1 Å². The Bertz CT molecular complexity index is 965. The largest absolute Gasteiger partial charge is 0.489 e. The Morgan fingerprint density at radius 2 is 2.10 bits per heavy atom. The van der Waals surface area contributed by atoms with E-state index in [2.05, 4.69) is 15.5 Å². The molecule has 4 rings (SSSR count). The fourth-order valence-electron chi connectivity index (χ4n) is 3.80. The third kappa shape index (κ3) is 3.70. The van der Waals surface area contributed by atoms with Crippen LogP contribution in [-0.4, -0.2) is 38.1 Å². The van der Waals surface area contributed by atoms with Crippen LogP contribution in [0.5, 0.6) is 11.5 Å². The molecular formula is C21H22FN3O4. The zero-order valence-electron chi connectivity index (χ0n) is 16.2. The van der Waals surface area contributed by atoms with Crippen molar-refractivity contribution in [3.05, 3.63) is 47.8 Å². The van der Waals surface area contributed by atoms with Gasteiger partial charge in [0.15, 0.2) is 6.61 Å². The van der Waals surface area contributed by atoms with E-state index in [1.54, 1.807) is 13.1 Å². The van der Waals surface area contributed by atoms with Crippen LogP contribution < -0.4 is 25.0 Å². The average Bonchev–Trinajstić information content (AvgIpc) is 2.72.